The predicted octanol–water partition coefficient (Wildman–Crippen LogP) is 4.79. The molecule has 2 aliphatic rings. The number of carbonyl (C=O) groups excluding carboxylic acids is 1. The van der Waals surface area contributed by atoms with Gasteiger partial charge in [-0.2, -0.15) is 26.3 Å². The first-order valence-electron chi connectivity index (χ1n) is 8.47. The Hall–Kier alpha value is -1.91. The number of unbranched alkanes of at least 4 members (excludes halogenated alkanes) is 1. The molecule has 2 aliphatic heterocycles. The quantitative estimate of drug-likeness (QED) is 0.394. The van der Waals surface area contributed by atoms with Crippen LogP contribution in [0.4, 0.5) is 32.0 Å². The van der Waals surface area contributed by atoms with E-state index in [0.29, 0.717) is 35.2 Å². The molecule has 0 saturated carbocycles. The molecule has 1 atom stereocenters. The average Bonchev–Trinajstić information content (AvgIpc) is 2.96. The molecule has 0 radical (unpaired) electrons. The molecular formula is C17H16F6N2O2S. The zero-order valence-corrected chi connectivity index (χ0v) is 15.4. The highest BCUT2D eigenvalue weighted by atomic mass is 32.2. The second-order valence-electron chi connectivity index (χ2n) is 6.41. The van der Waals surface area contributed by atoms with Crippen LogP contribution in [0.1, 0.15) is 19.8 Å². The van der Waals surface area contributed by atoms with E-state index in [-0.39, 0.29) is 6.61 Å². The monoisotopic (exact) mass is 426 g/mol. The summed E-state index contributed by atoms with van der Waals surface area (Å²) in [7, 11) is 0. The minimum atomic E-state index is -5.83. The Morgan fingerprint density at radius 1 is 1.25 bits per heavy atom. The summed E-state index contributed by atoms with van der Waals surface area (Å²) >= 11 is 0.714. The molecule has 1 aromatic carbocycles. The number of thioether (sulfide) groups is 1. The van der Waals surface area contributed by atoms with Crippen LogP contribution in [-0.2, 0) is 9.53 Å². The number of alkyl halides is 6. The Labute approximate surface area is 160 Å². The first-order valence-corrected chi connectivity index (χ1v) is 9.29. The molecule has 0 unspecified atom stereocenters. The molecule has 0 saturated heterocycles. The van der Waals surface area contributed by atoms with Crippen LogP contribution < -0.4 is 4.90 Å². The number of halogens is 6. The minimum absolute atomic E-state index is 0.250. The molecule has 0 aromatic heterocycles. The van der Waals surface area contributed by atoms with E-state index in [0.717, 1.165) is 0 Å². The third-order valence-corrected chi connectivity index (χ3v) is 5.68. The van der Waals surface area contributed by atoms with Gasteiger partial charge in [0.1, 0.15) is 5.92 Å². The van der Waals surface area contributed by atoms with Gasteiger partial charge in [0.2, 0.25) is 0 Å². The van der Waals surface area contributed by atoms with Gasteiger partial charge in [0.15, 0.2) is 5.17 Å². The highest BCUT2D eigenvalue weighted by molar-refractivity contribution is 8.14. The second-order valence-corrected chi connectivity index (χ2v) is 7.42. The number of rotatable bonds is 4. The van der Waals surface area contributed by atoms with E-state index in [1.807, 2.05) is 0 Å². The molecule has 2 heterocycles. The van der Waals surface area contributed by atoms with Gasteiger partial charge < -0.3 is 9.64 Å². The number of nitrogens with zero attached hydrogens (tertiary/aromatic N) is 2. The summed E-state index contributed by atoms with van der Waals surface area (Å²) in [5.41, 5.74) is -4.14. The van der Waals surface area contributed by atoms with Crippen molar-refractivity contribution in [2.45, 2.75) is 42.6 Å². The van der Waals surface area contributed by atoms with Crippen molar-refractivity contribution in [2.24, 2.45) is 10.9 Å². The Morgan fingerprint density at radius 3 is 2.50 bits per heavy atom. The molecule has 0 N–H and O–H groups in total. The van der Waals surface area contributed by atoms with Gasteiger partial charge in [0.25, 0.3) is 5.54 Å². The molecule has 1 aromatic rings. The van der Waals surface area contributed by atoms with Crippen LogP contribution >= 0.6 is 11.8 Å². The van der Waals surface area contributed by atoms with Crippen molar-refractivity contribution >= 4 is 28.6 Å². The summed E-state index contributed by atoms with van der Waals surface area (Å²) in [5, 5.41) is -0.437. The largest absolute Gasteiger partial charge is 0.465 e. The van der Waals surface area contributed by atoms with E-state index >= 15 is 0 Å². The summed E-state index contributed by atoms with van der Waals surface area (Å²) in [6, 6.07) is 6.34. The fraction of sp³-hybridized carbons (Fsp3) is 0.529. The topological polar surface area (TPSA) is 41.9 Å². The van der Waals surface area contributed by atoms with E-state index in [9.17, 15) is 31.1 Å². The second kappa shape index (κ2) is 7.16. The van der Waals surface area contributed by atoms with Crippen molar-refractivity contribution in [1.82, 2.24) is 0 Å². The molecule has 0 fully saturated rings. The molecule has 0 aliphatic carbocycles. The Kier molecular flexibility index (Phi) is 5.32. The number of anilines is 1. The lowest BCUT2D eigenvalue weighted by Crippen LogP contribution is -2.67. The number of ether oxygens (including phenoxy) is 1. The summed E-state index contributed by atoms with van der Waals surface area (Å²) < 4.78 is 87.6. The molecule has 3 rings (SSSR count). The van der Waals surface area contributed by atoms with Crippen LogP contribution in [0, 0.1) is 5.92 Å². The van der Waals surface area contributed by atoms with Gasteiger partial charge >= 0.3 is 18.3 Å². The first kappa shape index (κ1) is 20.8. The standard InChI is InChI=1S/C17H16F6N2O2S/c1-2-3-8-27-13(26)10-9-25-11-6-4-5-7-12(11)28-14(25)24-15(10,16(18,19)20)17(21,22)23/h4-7,10H,2-3,8-9H2,1H3/t10-/m1/s1. The minimum Gasteiger partial charge on any atom is -0.465 e. The maximum Gasteiger partial charge on any atom is 0.423 e. The van der Waals surface area contributed by atoms with Crippen molar-refractivity contribution < 1.29 is 35.9 Å². The average molecular weight is 426 g/mol. The molecular weight excluding hydrogens is 410 g/mol. The maximum atomic E-state index is 13.8. The molecule has 4 nitrogen and oxygen atoms in total. The summed E-state index contributed by atoms with van der Waals surface area (Å²) in [6.45, 7) is 0.672. The lowest BCUT2D eigenvalue weighted by atomic mass is 9.81. The Morgan fingerprint density at radius 2 is 1.89 bits per heavy atom. The fourth-order valence-electron chi connectivity index (χ4n) is 3.17. The number of aliphatic imine (C=N–C) groups is 1. The van der Waals surface area contributed by atoms with Crippen molar-refractivity contribution in [1.29, 1.82) is 0 Å². The predicted molar refractivity (Wildman–Crippen MR) is 91.3 cm³/mol. The van der Waals surface area contributed by atoms with Crippen LogP contribution in [-0.4, -0.2) is 42.2 Å². The van der Waals surface area contributed by atoms with Crippen molar-refractivity contribution in [3.8, 4) is 0 Å². The normalized spacial score (nSPS) is 21.0. The number of para-hydroxylation sites is 1. The number of hydrogen-bond acceptors (Lipinski definition) is 5. The number of carbonyl (C=O) groups is 1. The number of fused-ring (bicyclic) bond motifs is 3. The lowest BCUT2D eigenvalue weighted by Gasteiger charge is -2.43. The highest BCUT2D eigenvalue weighted by Crippen LogP contribution is 2.56. The van der Waals surface area contributed by atoms with Crippen LogP contribution in [0.3, 0.4) is 0 Å². The van der Waals surface area contributed by atoms with Crippen molar-refractivity contribution in [3.05, 3.63) is 24.3 Å². The Bertz CT molecular complexity index is 779. The van der Waals surface area contributed by atoms with Gasteiger partial charge in [-0.1, -0.05) is 25.5 Å². The van der Waals surface area contributed by atoms with Crippen LogP contribution in [0.5, 0.6) is 0 Å². The number of benzene rings is 1. The van der Waals surface area contributed by atoms with Crippen molar-refractivity contribution in [3.63, 3.8) is 0 Å². The maximum absolute atomic E-state index is 13.8. The van der Waals surface area contributed by atoms with E-state index in [1.54, 1.807) is 31.2 Å². The van der Waals surface area contributed by atoms with Crippen LogP contribution in [0.15, 0.2) is 34.2 Å². The van der Waals surface area contributed by atoms with Gasteiger partial charge in [-0.3, -0.25) is 4.79 Å². The first-order chi connectivity index (χ1) is 13.0. The zero-order chi connectivity index (χ0) is 20.7. The summed E-state index contributed by atoms with van der Waals surface area (Å²) in [6.07, 6.45) is -10.7. The highest BCUT2D eigenvalue weighted by Gasteiger charge is 2.78. The lowest BCUT2D eigenvalue weighted by molar-refractivity contribution is -0.309. The van der Waals surface area contributed by atoms with Gasteiger partial charge in [-0.25, -0.2) is 4.99 Å². The Balaban J connectivity index is 2.11. The molecule has 28 heavy (non-hydrogen) atoms. The van der Waals surface area contributed by atoms with E-state index in [4.69, 9.17) is 4.74 Å². The number of amidine groups is 1. The van der Waals surface area contributed by atoms with Crippen LogP contribution in [0.2, 0.25) is 0 Å². The SMILES string of the molecule is CCCCOC(=O)[C@H]1CN2C(=NC1(C(F)(F)F)C(F)(F)F)Sc1ccccc12. The number of esters is 1. The molecule has 0 spiro atoms. The summed E-state index contributed by atoms with van der Waals surface area (Å²) in [5.74, 6) is -4.12. The number of hydrogen-bond donors (Lipinski definition) is 0. The third kappa shape index (κ3) is 3.23. The van der Waals surface area contributed by atoms with Gasteiger partial charge in [0.05, 0.1) is 12.3 Å². The van der Waals surface area contributed by atoms with E-state index < -0.39 is 41.5 Å². The van der Waals surface area contributed by atoms with Gasteiger partial charge in [-0.05, 0) is 30.3 Å². The zero-order valence-electron chi connectivity index (χ0n) is 14.6. The third-order valence-electron chi connectivity index (χ3n) is 4.62. The van der Waals surface area contributed by atoms with E-state index in [2.05, 4.69) is 4.99 Å². The van der Waals surface area contributed by atoms with Gasteiger partial charge in [0, 0.05) is 11.4 Å². The molecule has 0 amide bonds. The van der Waals surface area contributed by atoms with Gasteiger partial charge in [-0.15, -0.1) is 0 Å². The molecule has 154 valence electrons. The summed E-state index contributed by atoms with van der Waals surface area (Å²) in [4.78, 5) is 17.2. The smallest absolute Gasteiger partial charge is 0.423 e. The van der Waals surface area contributed by atoms with E-state index in [1.165, 1.54) is 4.90 Å². The van der Waals surface area contributed by atoms with Crippen molar-refractivity contribution in [2.75, 3.05) is 18.1 Å². The molecule has 11 heteroatoms. The fourth-order valence-corrected chi connectivity index (χ4v) is 4.27. The molecule has 0 bridgehead atoms. The van der Waals surface area contributed by atoms with Crippen LogP contribution in [0.25, 0.3) is 0 Å².